The highest BCUT2D eigenvalue weighted by Gasteiger charge is 2.15. The summed E-state index contributed by atoms with van der Waals surface area (Å²) in [6.07, 6.45) is 2.80. The molecule has 1 heterocycles. The second kappa shape index (κ2) is 5.25. The van der Waals surface area contributed by atoms with Crippen LogP contribution in [0.5, 0.6) is 0 Å². The molecule has 0 spiro atoms. The van der Waals surface area contributed by atoms with Crippen LogP contribution < -0.4 is 5.32 Å². The zero-order valence-electron chi connectivity index (χ0n) is 9.32. The van der Waals surface area contributed by atoms with E-state index in [2.05, 4.69) is 10.3 Å². The van der Waals surface area contributed by atoms with Gasteiger partial charge in [-0.15, -0.1) is 0 Å². The molecule has 1 atom stereocenters. The van der Waals surface area contributed by atoms with Gasteiger partial charge in [0.05, 0.1) is 12.2 Å². The highest BCUT2D eigenvalue weighted by Crippen LogP contribution is 2.24. The van der Waals surface area contributed by atoms with Crippen LogP contribution in [0.3, 0.4) is 0 Å². The number of hydrogen-bond acceptors (Lipinski definition) is 2. The minimum Gasteiger partial charge on any atom is -0.309 e. The first-order chi connectivity index (χ1) is 8.22. The summed E-state index contributed by atoms with van der Waals surface area (Å²) in [5, 5.41) is 3.75. The van der Waals surface area contributed by atoms with Crippen LogP contribution in [0.1, 0.15) is 17.2 Å². The van der Waals surface area contributed by atoms with Crippen molar-refractivity contribution in [2.24, 2.45) is 0 Å². The van der Waals surface area contributed by atoms with E-state index in [9.17, 15) is 4.39 Å². The summed E-state index contributed by atoms with van der Waals surface area (Å²) in [4.78, 5) is 3.75. The summed E-state index contributed by atoms with van der Waals surface area (Å²) in [5.41, 5.74) is 1.53. The first-order valence-electron chi connectivity index (χ1n) is 5.24. The Labute approximate surface area is 104 Å². The zero-order valence-corrected chi connectivity index (χ0v) is 10.1. The second-order valence-electron chi connectivity index (χ2n) is 3.67. The molecule has 2 aromatic rings. The topological polar surface area (TPSA) is 24.9 Å². The van der Waals surface area contributed by atoms with E-state index in [1.54, 1.807) is 31.4 Å². The molecule has 0 bridgehead atoms. The van der Waals surface area contributed by atoms with Crippen LogP contribution >= 0.6 is 11.6 Å². The highest BCUT2D eigenvalue weighted by atomic mass is 35.5. The van der Waals surface area contributed by atoms with Crippen molar-refractivity contribution in [2.75, 3.05) is 7.05 Å². The molecule has 0 saturated carbocycles. The van der Waals surface area contributed by atoms with Crippen molar-refractivity contribution in [2.45, 2.75) is 6.04 Å². The van der Waals surface area contributed by atoms with Crippen LogP contribution in [0.4, 0.5) is 4.39 Å². The summed E-state index contributed by atoms with van der Waals surface area (Å²) < 4.78 is 13.7. The van der Waals surface area contributed by atoms with Gasteiger partial charge in [0.15, 0.2) is 0 Å². The fourth-order valence-corrected chi connectivity index (χ4v) is 1.90. The van der Waals surface area contributed by atoms with E-state index in [0.29, 0.717) is 10.6 Å². The third kappa shape index (κ3) is 2.62. The Morgan fingerprint density at radius 2 is 1.94 bits per heavy atom. The molecule has 17 heavy (non-hydrogen) atoms. The molecule has 0 saturated heterocycles. The number of nitrogens with one attached hydrogen (secondary N) is 1. The molecule has 0 aliphatic carbocycles. The highest BCUT2D eigenvalue weighted by molar-refractivity contribution is 6.30. The Balaban J connectivity index is 2.40. The Morgan fingerprint density at radius 3 is 2.53 bits per heavy atom. The van der Waals surface area contributed by atoms with E-state index >= 15 is 0 Å². The molecule has 2 rings (SSSR count). The summed E-state index contributed by atoms with van der Waals surface area (Å²) in [7, 11) is 1.79. The number of aromatic nitrogens is 1. The van der Waals surface area contributed by atoms with Crippen LogP contribution in [0.25, 0.3) is 0 Å². The maximum absolute atomic E-state index is 13.7. The standard InChI is InChI=1S/C13H12ClFN2/c1-16-13(9-2-4-10(14)5-3-9)11-6-7-17-8-12(11)15/h2-8,13,16H,1H3. The van der Waals surface area contributed by atoms with Crippen LogP contribution in [0.15, 0.2) is 42.7 Å². The molecule has 0 aliphatic rings. The molecule has 1 aromatic heterocycles. The lowest BCUT2D eigenvalue weighted by Crippen LogP contribution is -2.18. The van der Waals surface area contributed by atoms with Crippen molar-refractivity contribution >= 4 is 11.6 Å². The van der Waals surface area contributed by atoms with Crippen LogP contribution in [0, 0.1) is 5.82 Å². The third-order valence-corrected chi connectivity index (χ3v) is 2.86. The van der Waals surface area contributed by atoms with Crippen LogP contribution in [0.2, 0.25) is 5.02 Å². The van der Waals surface area contributed by atoms with Crippen molar-refractivity contribution in [3.05, 3.63) is 64.7 Å². The van der Waals surface area contributed by atoms with Gasteiger partial charge in [-0.3, -0.25) is 4.98 Å². The number of halogens is 2. The minimum absolute atomic E-state index is 0.199. The average Bonchev–Trinajstić information content (AvgIpc) is 2.35. The molecule has 2 nitrogen and oxygen atoms in total. The van der Waals surface area contributed by atoms with Gasteiger partial charge in [-0.1, -0.05) is 23.7 Å². The van der Waals surface area contributed by atoms with Gasteiger partial charge in [0.2, 0.25) is 0 Å². The van der Waals surface area contributed by atoms with Gasteiger partial charge >= 0.3 is 0 Å². The number of hydrogen-bond donors (Lipinski definition) is 1. The molecular formula is C13H12ClFN2. The largest absolute Gasteiger partial charge is 0.309 e. The monoisotopic (exact) mass is 250 g/mol. The lowest BCUT2D eigenvalue weighted by Gasteiger charge is -2.17. The lowest BCUT2D eigenvalue weighted by atomic mass is 9.99. The lowest BCUT2D eigenvalue weighted by molar-refractivity contribution is 0.571. The van der Waals surface area contributed by atoms with Gasteiger partial charge in [0.25, 0.3) is 0 Å². The Kier molecular flexibility index (Phi) is 3.71. The van der Waals surface area contributed by atoms with Crippen molar-refractivity contribution in [1.29, 1.82) is 0 Å². The Hall–Kier alpha value is -1.45. The predicted molar refractivity (Wildman–Crippen MR) is 66.5 cm³/mol. The maximum atomic E-state index is 13.7. The van der Waals surface area contributed by atoms with E-state index in [1.807, 2.05) is 12.1 Å². The number of pyridine rings is 1. The van der Waals surface area contributed by atoms with Crippen LogP contribution in [-0.2, 0) is 0 Å². The normalized spacial score (nSPS) is 12.4. The van der Waals surface area contributed by atoms with E-state index in [0.717, 1.165) is 5.56 Å². The van der Waals surface area contributed by atoms with E-state index in [1.165, 1.54) is 6.20 Å². The number of nitrogens with zero attached hydrogens (tertiary/aromatic N) is 1. The van der Waals surface area contributed by atoms with Crippen molar-refractivity contribution in [3.63, 3.8) is 0 Å². The Bertz CT molecular complexity index is 499. The number of benzene rings is 1. The van der Waals surface area contributed by atoms with Crippen molar-refractivity contribution in [3.8, 4) is 0 Å². The van der Waals surface area contributed by atoms with Crippen molar-refractivity contribution in [1.82, 2.24) is 10.3 Å². The molecule has 1 unspecified atom stereocenters. The summed E-state index contributed by atoms with van der Waals surface area (Å²) >= 11 is 5.83. The second-order valence-corrected chi connectivity index (χ2v) is 4.11. The van der Waals surface area contributed by atoms with Crippen LogP contribution in [-0.4, -0.2) is 12.0 Å². The molecule has 88 valence electrons. The molecule has 1 aromatic carbocycles. The minimum atomic E-state index is -0.318. The molecule has 0 radical (unpaired) electrons. The fourth-order valence-electron chi connectivity index (χ4n) is 1.78. The molecule has 0 fully saturated rings. The van der Waals surface area contributed by atoms with E-state index in [-0.39, 0.29) is 11.9 Å². The van der Waals surface area contributed by atoms with Gasteiger partial charge in [0, 0.05) is 16.8 Å². The average molecular weight is 251 g/mol. The quantitative estimate of drug-likeness (QED) is 0.905. The summed E-state index contributed by atoms with van der Waals surface area (Å²) in [5.74, 6) is -0.318. The predicted octanol–water partition coefficient (Wildman–Crippen LogP) is 3.18. The molecule has 1 N–H and O–H groups in total. The van der Waals surface area contributed by atoms with Gasteiger partial charge < -0.3 is 5.32 Å². The summed E-state index contributed by atoms with van der Waals surface area (Å²) in [6.45, 7) is 0. The maximum Gasteiger partial charge on any atom is 0.146 e. The zero-order chi connectivity index (χ0) is 12.3. The molecule has 4 heteroatoms. The van der Waals surface area contributed by atoms with Crippen molar-refractivity contribution < 1.29 is 4.39 Å². The van der Waals surface area contributed by atoms with Gasteiger partial charge in [-0.2, -0.15) is 0 Å². The smallest absolute Gasteiger partial charge is 0.146 e. The van der Waals surface area contributed by atoms with Gasteiger partial charge in [-0.05, 0) is 30.8 Å². The fraction of sp³-hybridized carbons (Fsp3) is 0.154. The van der Waals surface area contributed by atoms with E-state index < -0.39 is 0 Å². The van der Waals surface area contributed by atoms with Gasteiger partial charge in [0.1, 0.15) is 5.82 Å². The Morgan fingerprint density at radius 1 is 1.24 bits per heavy atom. The third-order valence-electron chi connectivity index (χ3n) is 2.61. The molecular weight excluding hydrogens is 239 g/mol. The SMILES string of the molecule is CNC(c1ccc(Cl)cc1)c1ccncc1F. The first-order valence-corrected chi connectivity index (χ1v) is 5.62. The molecule has 0 amide bonds. The molecule has 0 aliphatic heterocycles. The van der Waals surface area contributed by atoms with Gasteiger partial charge in [-0.25, -0.2) is 4.39 Å². The van der Waals surface area contributed by atoms with E-state index in [4.69, 9.17) is 11.6 Å². The first kappa shape index (κ1) is 12.0. The summed E-state index contributed by atoms with van der Waals surface area (Å²) in [6, 6.07) is 8.81. The number of rotatable bonds is 3.